The van der Waals surface area contributed by atoms with Crippen molar-refractivity contribution >= 4 is 35.7 Å². The standard InChI is InChI=1S/C7H6BrClO2S/c8-5-6-2-1-3-7(4-6)12(9,10)11/h1-4H,5H2. The van der Waals surface area contributed by atoms with E-state index < -0.39 is 9.05 Å². The van der Waals surface area contributed by atoms with E-state index in [1.165, 1.54) is 12.1 Å². The molecule has 0 atom stereocenters. The van der Waals surface area contributed by atoms with Crippen LogP contribution in [-0.4, -0.2) is 8.42 Å². The van der Waals surface area contributed by atoms with Crippen molar-refractivity contribution in [3.63, 3.8) is 0 Å². The fourth-order valence-electron chi connectivity index (χ4n) is 0.780. The van der Waals surface area contributed by atoms with Crippen LogP contribution in [0.15, 0.2) is 29.2 Å². The van der Waals surface area contributed by atoms with Crippen molar-refractivity contribution in [2.24, 2.45) is 0 Å². The summed E-state index contributed by atoms with van der Waals surface area (Å²) >= 11 is 3.22. The molecular weight excluding hydrogens is 263 g/mol. The van der Waals surface area contributed by atoms with Gasteiger partial charge in [-0.25, -0.2) is 8.42 Å². The monoisotopic (exact) mass is 268 g/mol. The molecule has 0 aliphatic carbocycles. The molecule has 1 rings (SSSR count). The van der Waals surface area contributed by atoms with E-state index in [4.69, 9.17) is 10.7 Å². The Kier molecular flexibility index (Phi) is 3.15. The lowest BCUT2D eigenvalue weighted by atomic mass is 10.2. The first kappa shape index (κ1) is 10.0. The first-order chi connectivity index (χ1) is 5.54. The smallest absolute Gasteiger partial charge is 0.207 e. The topological polar surface area (TPSA) is 34.1 Å². The number of halogens is 2. The predicted octanol–water partition coefficient (Wildman–Crippen LogP) is 2.51. The van der Waals surface area contributed by atoms with Crippen LogP contribution in [0.2, 0.25) is 0 Å². The second-order valence-electron chi connectivity index (χ2n) is 2.22. The molecule has 2 nitrogen and oxygen atoms in total. The predicted molar refractivity (Wildman–Crippen MR) is 52.1 cm³/mol. The Morgan fingerprint density at radius 1 is 1.42 bits per heavy atom. The van der Waals surface area contributed by atoms with E-state index in [0.29, 0.717) is 5.33 Å². The number of rotatable bonds is 2. The van der Waals surface area contributed by atoms with Crippen molar-refractivity contribution in [3.8, 4) is 0 Å². The summed E-state index contributed by atoms with van der Waals surface area (Å²) in [7, 11) is 1.56. The van der Waals surface area contributed by atoms with Gasteiger partial charge in [0.05, 0.1) is 4.90 Å². The largest absolute Gasteiger partial charge is 0.261 e. The zero-order valence-electron chi connectivity index (χ0n) is 6.00. The molecule has 0 N–H and O–H groups in total. The minimum absolute atomic E-state index is 0.140. The SMILES string of the molecule is O=S(=O)(Cl)c1cccc(CBr)c1. The molecule has 0 bridgehead atoms. The van der Waals surface area contributed by atoms with Gasteiger partial charge in [-0.05, 0) is 17.7 Å². The molecule has 1 aromatic carbocycles. The molecule has 0 spiro atoms. The van der Waals surface area contributed by atoms with E-state index in [1.807, 2.05) is 6.07 Å². The van der Waals surface area contributed by atoms with Crippen LogP contribution in [0.5, 0.6) is 0 Å². The molecule has 0 fully saturated rings. The van der Waals surface area contributed by atoms with Gasteiger partial charge in [-0.15, -0.1) is 0 Å². The van der Waals surface area contributed by atoms with Crippen molar-refractivity contribution in [2.45, 2.75) is 10.2 Å². The van der Waals surface area contributed by atoms with Gasteiger partial charge in [0.15, 0.2) is 0 Å². The molecule has 5 heteroatoms. The van der Waals surface area contributed by atoms with E-state index in [2.05, 4.69) is 15.9 Å². The first-order valence-corrected chi connectivity index (χ1v) is 6.56. The molecule has 12 heavy (non-hydrogen) atoms. The second-order valence-corrected chi connectivity index (χ2v) is 5.35. The Bertz CT molecular complexity index is 375. The van der Waals surface area contributed by atoms with Crippen molar-refractivity contribution < 1.29 is 8.42 Å². The van der Waals surface area contributed by atoms with Crippen LogP contribution in [0.25, 0.3) is 0 Å². The molecule has 0 saturated heterocycles. The van der Waals surface area contributed by atoms with Gasteiger partial charge in [0.1, 0.15) is 0 Å². The molecule has 0 radical (unpaired) electrons. The molecule has 0 aliphatic heterocycles. The molecule has 0 amide bonds. The van der Waals surface area contributed by atoms with Crippen molar-refractivity contribution in [3.05, 3.63) is 29.8 Å². The number of hydrogen-bond donors (Lipinski definition) is 0. The molecule has 0 heterocycles. The summed E-state index contributed by atoms with van der Waals surface area (Å²) in [5.41, 5.74) is 0.886. The Morgan fingerprint density at radius 3 is 2.58 bits per heavy atom. The second kappa shape index (κ2) is 3.77. The Hall–Kier alpha value is -0.0600. The molecule has 1 aromatic rings. The van der Waals surface area contributed by atoms with Crippen molar-refractivity contribution in [2.75, 3.05) is 0 Å². The van der Waals surface area contributed by atoms with Gasteiger partial charge in [0.25, 0.3) is 9.05 Å². The van der Waals surface area contributed by atoms with E-state index in [9.17, 15) is 8.42 Å². The summed E-state index contributed by atoms with van der Waals surface area (Å²) in [6.45, 7) is 0. The number of benzene rings is 1. The number of alkyl halides is 1. The first-order valence-electron chi connectivity index (χ1n) is 3.13. The molecule has 0 aliphatic rings. The molecule has 0 aromatic heterocycles. The summed E-state index contributed by atoms with van der Waals surface area (Å²) in [6, 6.07) is 6.48. The normalized spacial score (nSPS) is 11.5. The molecular formula is C7H6BrClO2S. The summed E-state index contributed by atoms with van der Waals surface area (Å²) < 4.78 is 21.7. The van der Waals surface area contributed by atoms with Crippen LogP contribution in [0.1, 0.15) is 5.56 Å². The molecule has 0 unspecified atom stereocenters. The van der Waals surface area contributed by atoms with Gasteiger partial charge in [-0.3, -0.25) is 0 Å². The lowest BCUT2D eigenvalue weighted by Crippen LogP contribution is -1.90. The zero-order chi connectivity index (χ0) is 9.19. The summed E-state index contributed by atoms with van der Waals surface area (Å²) in [5, 5.41) is 0.618. The lowest BCUT2D eigenvalue weighted by molar-refractivity contribution is 0.609. The quantitative estimate of drug-likeness (QED) is 0.611. The maximum Gasteiger partial charge on any atom is 0.261 e. The van der Waals surface area contributed by atoms with E-state index >= 15 is 0 Å². The number of hydrogen-bond acceptors (Lipinski definition) is 2. The molecule has 66 valence electrons. The third-order valence-corrected chi connectivity index (χ3v) is 3.33. The third-order valence-electron chi connectivity index (χ3n) is 1.33. The Labute approximate surface area is 84.1 Å². The highest BCUT2D eigenvalue weighted by Gasteiger charge is 2.08. The minimum atomic E-state index is -3.58. The lowest BCUT2D eigenvalue weighted by Gasteiger charge is -1.97. The van der Waals surface area contributed by atoms with Gasteiger partial charge >= 0.3 is 0 Å². The fourth-order valence-corrected chi connectivity index (χ4v) is 1.95. The highest BCUT2D eigenvalue weighted by Crippen LogP contribution is 2.17. The summed E-state index contributed by atoms with van der Waals surface area (Å²) in [4.78, 5) is 0.140. The highest BCUT2D eigenvalue weighted by atomic mass is 79.9. The van der Waals surface area contributed by atoms with Gasteiger partial charge in [-0.1, -0.05) is 28.1 Å². The Balaban J connectivity index is 3.20. The maximum atomic E-state index is 10.9. The third kappa shape index (κ3) is 2.47. The highest BCUT2D eigenvalue weighted by molar-refractivity contribution is 9.08. The van der Waals surface area contributed by atoms with E-state index in [-0.39, 0.29) is 4.90 Å². The fraction of sp³-hybridized carbons (Fsp3) is 0.143. The van der Waals surface area contributed by atoms with Crippen LogP contribution in [0.4, 0.5) is 0 Å². The van der Waals surface area contributed by atoms with E-state index in [0.717, 1.165) is 5.56 Å². The zero-order valence-corrected chi connectivity index (χ0v) is 9.16. The van der Waals surface area contributed by atoms with Crippen LogP contribution in [-0.2, 0) is 14.4 Å². The van der Waals surface area contributed by atoms with E-state index in [1.54, 1.807) is 6.07 Å². The minimum Gasteiger partial charge on any atom is -0.207 e. The summed E-state index contributed by atoms with van der Waals surface area (Å²) in [5.74, 6) is 0. The molecule has 0 saturated carbocycles. The van der Waals surface area contributed by atoms with Crippen LogP contribution in [0.3, 0.4) is 0 Å². The summed E-state index contributed by atoms with van der Waals surface area (Å²) in [6.07, 6.45) is 0. The van der Waals surface area contributed by atoms with Crippen molar-refractivity contribution in [1.82, 2.24) is 0 Å². The van der Waals surface area contributed by atoms with Gasteiger partial charge in [0, 0.05) is 16.0 Å². The van der Waals surface area contributed by atoms with Crippen LogP contribution >= 0.6 is 26.6 Å². The van der Waals surface area contributed by atoms with Gasteiger partial charge in [-0.2, -0.15) is 0 Å². The van der Waals surface area contributed by atoms with Gasteiger partial charge < -0.3 is 0 Å². The van der Waals surface area contributed by atoms with Crippen LogP contribution < -0.4 is 0 Å². The maximum absolute atomic E-state index is 10.9. The van der Waals surface area contributed by atoms with Crippen molar-refractivity contribution in [1.29, 1.82) is 0 Å². The average molecular weight is 270 g/mol. The van der Waals surface area contributed by atoms with Crippen LogP contribution in [0, 0.1) is 0 Å². The van der Waals surface area contributed by atoms with Gasteiger partial charge in [0.2, 0.25) is 0 Å². The average Bonchev–Trinajstić information content (AvgIpc) is 2.03. The Morgan fingerprint density at radius 2 is 2.08 bits per heavy atom.